The van der Waals surface area contributed by atoms with E-state index in [2.05, 4.69) is 57.7 Å². The Kier molecular flexibility index (Phi) is 13.2. The standard InChI is InChI=1S/C19H13F3N4.C13H6ClF3N2.C6H2BrClF3N/c1-12-5-6-15(11-24-12)26-17(16-4-2-3-7-23-16)9-13-8-14(19(20,21)22)10-25-18(13)26;14-12-9(4-5-11-3-1-2-6-18-11)7-10(8-19-12)13(15,16)17;7-4-1-3(6(9,10)11)2-12-5(4)8/h2-11H,1H3;1-3,6-8H;1-2H. The minimum absolute atomic E-state index is 0.0159. The topological polar surface area (TPSA) is 82.3 Å². The highest BCUT2D eigenvalue weighted by molar-refractivity contribution is 9.10. The van der Waals surface area contributed by atoms with Gasteiger partial charge in [0, 0.05) is 42.1 Å². The molecule has 0 aliphatic rings. The largest absolute Gasteiger partial charge is 0.417 e. The van der Waals surface area contributed by atoms with E-state index in [4.69, 9.17) is 23.2 Å². The third kappa shape index (κ3) is 11.3. The molecule has 0 N–H and O–H groups in total. The average Bonchev–Trinajstić information content (AvgIpc) is 3.55. The summed E-state index contributed by atoms with van der Waals surface area (Å²) in [4.78, 5) is 23.5. The van der Waals surface area contributed by atoms with Gasteiger partial charge >= 0.3 is 18.5 Å². The lowest BCUT2D eigenvalue weighted by molar-refractivity contribution is -0.138. The molecule has 0 saturated heterocycles. The quantitative estimate of drug-likeness (QED) is 0.0977. The molecule has 0 bridgehead atoms. The van der Waals surface area contributed by atoms with Gasteiger partial charge in [0.05, 0.1) is 50.0 Å². The molecule has 0 aliphatic heterocycles. The Morgan fingerprint density at radius 2 is 1.19 bits per heavy atom. The minimum atomic E-state index is -4.47. The smallest absolute Gasteiger partial charge is 0.291 e. The van der Waals surface area contributed by atoms with Gasteiger partial charge in [-0.05, 0) is 89.4 Å². The van der Waals surface area contributed by atoms with Crippen molar-refractivity contribution in [3.8, 4) is 28.9 Å². The van der Waals surface area contributed by atoms with Crippen molar-refractivity contribution in [1.82, 2.24) is 34.5 Å². The maximum atomic E-state index is 13.0. The van der Waals surface area contributed by atoms with Crippen LogP contribution in [0.1, 0.15) is 33.6 Å². The van der Waals surface area contributed by atoms with E-state index < -0.39 is 35.2 Å². The molecule has 0 unspecified atom stereocenters. The average molecular weight is 897 g/mol. The van der Waals surface area contributed by atoms with Crippen LogP contribution in [0.15, 0.2) is 114 Å². The summed E-state index contributed by atoms with van der Waals surface area (Å²) in [5.74, 6) is 5.16. The van der Waals surface area contributed by atoms with Gasteiger partial charge < -0.3 is 0 Å². The maximum absolute atomic E-state index is 13.0. The van der Waals surface area contributed by atoms with Crippen LogP contribution in [-0.4, -0.2) is 34.5 Å². The fourth-order valence-corrected chi connectivity index (χ4v) is 5.24. The molecule has 292 valence electrons. The molecule has 0 fully saturated rings. The molecule has 0 spiro atoms. The van der Waals surface area contributed by atoms with E-state index in [1.165, 1.54) is 6.20 Å². The Morgan fingerprint density at radius 3 is 1.75 bits per heavy atom. The fraction of sp³-hybridized carbons (Fsp3) is 0.105. The Morgan fingerprint density at radius 1 is 0.596 bits per heavy atom. The number of nitrogens with zero attached hydrogens (tertiary/aromatic N) is 7. The number of hydrogen-bond acceptors (Lipinski definition) is 6. The second-order valence-corrected chi connectivity index (χ2v) is 13.0. The van der Waals surface area contributed by atoms with E-state index in [1.807, 2.05) is 25.1 Å². The van der Waals surface area contributed by atoms with Crippen molar-refractivity contribution in [1.29, 1.82) is 0 Å². The highest BCUT2D eigenvalue weighted by Gasteiger charge is 2.33. The third-order valence-electron chi connectivity index (χ3n) is 7.33. The zero-order valence-electron chi connectivity index (χ0n) is 28.6. The van der Waals surface area contributed by atoms with Gasteiger partial charge in [0.25, 0.3) is 0 Å². The Labute approximate surface area is 335 Å². The molecule has 0 aromatic carbocycles. The van der Waals surface area contributed by atoms with E-state index in [0.717, 1.165) is 30.1 Å². The van der Waals surface area contributed by atoms with Crippen LogP contribution < -0.4 is 0 Å². The first-order chi connectivity index (χ1) is 26.8. The lowest BCUT2D eigenvalue weighted by Crippen LogP contribution is -2.06. The molecule has 7 aromatic rings. The van der Waals surface area contributed by atoms with E-state index in [-0.39, 0.29) is 20.3 Å². The molecule has 7 heterocycles. The number of halogens is 12. The van der Waals surface area contributed by atoms with Gasteiger partial charge in [-0.2, -0.15) is 39.5 Å². The van der Waals surface area contributed by atoms with Crippen molar-refractivity contribution in [2.45, 2.75) is 25.5 Å². The van der Waals surface area contributed by atoms with E-state index in [0.29, 0.717) is 46.2 Å². The first-order valence-electron chi connectivity index (χ1n) is 15.8. The van der Waals surface area contributed by atoms with Gasteiger partial charge in [-0.1, -0.05) is 41.3 Å². The molecule has 57 heavy (non-hydrogen) atoms. The van der Waals surface area contributed by atoms with Crippen LogP contribution >= 0.6 is 39.1 Å². The molecular weight excluding hydrogens is 876 g/mol. The predicted molar refractivity (Wildman–Crippen MR) is 198 cm³/mol. The summed E-state index contributed by atoms with van der Waals surface area (Å²) in [6, 6.07) is 18.7. The first-order valence-corrected chi connectivity index (χ1v) is 17.3. The van der Waals surface area contributed by atoms with Crippen LogP contribution in [0, 0.1) is 18.8 Å². The summed E-state index contributed by atoms with van der Waals surface area (Å²) in [5, 5.41) is 0.334. The number of hydrogen-bond donors (Lipinski definition) is 0. The summed E-state index contributed by atoms with van der Waals surface area (Å²) in [6.07, 6.45) is -6.24. The molecule has 0 saturated carbocycles. The second kappa shape index (κ2) is 17.7. The van der Waals surface area contributed by atoms with Crippen LogP contribution in [0.5, 0.6) is 0 Å². The fourth-order valence-electron chi connectivity index (χ4n) is 4.64. The second-order valence-electron chi connectivity index (χ2n) is 11.4. The molecule has 0 radical (unpaired) electrons. The highest BCUT2D eigenvalue weighted by atomic mass is 79.9. The van der Waals surface area contributed by atoms with Gasteiger partial charge in [-0.15, -0.1) is 0 Å². The van der Waals surface area contributed by atoms with Crippen molar-refractivity contribution in [3.63, 3.8) is 0 Å². The van der Waals surface area contributed by atoms with Crippen molar-refractivity contribution in [2.75, 3.05) is 0 Å². The normalized spacial score (nSPS) is 11.5. The van der Waals surface area contributed by atoms with Crippen LogP contribution in [-0.2, 0) is 18.5 Å². The molecule has 19 heteroatoms. The Balaban J connectivity index is 0.000000176. The predicted octanol–water partition coefficient (Wildman–Crippen LogP) is 11.9. The third-order valence-corrected chi connectivity index (χ3v) is 8.76. The lowest BCUT2D eigenvalue weighted by Gasteiger charge is -2.10. The van der Waals surface area contributed by atoms with Gasteiger partial charge in [0.2, 0.25) is 0 Å². The number of rotatable bonds is 2. The Hall–Kier alpha value is -5.57. The van der Waals surface area contributed by atoms with E-state index in [9.17, 15) is 39.5 Å². The number of alkyl halides is 9. The van der Waals surface area contributed by atoms with E-state index >= 15 is 0 Å². The summed E-state index contributed by atoms with van der Waals surface area (Å²) in [5.41, 5.74) is 1.23. The van der Waals surface area contributed by atoms with Crippen LogP contribution in [0.3, 0.4) is 0 Å². The zero-order valence-corrected chi connectivity index (χ0v) is 31.7. The van der Waals surface area contributed by atoms with Gasteiger partial charge in [-0.25, -0.2) is 19.9 Å². The molecule has 0 aliphatic carbocycles. The molecule has 7 nitrogen and oxygen atoms in total. The van der Waals surface area contributed by atoms with Crippen LogP contribution in [0.25, 0.3) is 28.1 Å². The van der Waals surface area contributed by atoms with E-state index in [1.54, 1.807) is 53.4 Å². The number of pyridine rings is 6. The SMILES string of the molecule is Cc1ccc(-n2c(-c3ccccn3)cc3cc(C(F)(F)F)cnc32)cn1.FC(F)(F)c1cnc(Cl)c(Br)c1.FC(F)(F)c1cnc(Cl)c(C#Cc2ccccn2)c1. The molecule has 0 amide bonds. The first kappa shape index (κ1) is 42.6. The van der Waals surface area contributed by atoms with Crippen molar-refractivity contribution >= 4 is 50.2 Å². The lowest BCUT2D eigenvalue weighted by atomic mass is 10.2. The maximum Gasteiger partial charge on any atom is 0.417 e. The zero-order chi connectivity index (χ0) is 41.5. The van der Waals surface area contributed by atoms with Gasteiger partial charge in [0.15, 0.2) is 0 Å². The Bertz CT molecular complexity index is 2540. The number of fused-ring (bicyclic) bond motifs is 1. The van der Waals surface area contributed by atoms with Crippen LogP contribution in [0.2, 0.25) is 10.3 Å². The number of aryl methyl sites for hydroxylation is 1. The molecular formula is C38H21BrCl2F9N7. The minimum Gasteiger partial charge on any atom is -0.291 e. The van der Waals surface area contributed by atoms with Crippen LogP contribution in [0.4, 0.5) is 39.5 Å². The summed E-state index contributed by atoms with van der Waals surface area (Å²) in [6.45, 7) is 1.87. The summed E-state index contributed by atoms with van der Waals surface area (Å²) in [7, 11) is 0. The van der Waals surface area contributed by atoms with Gasteiger partial charge in [0.1, 0.15) is 21.6 Å². The summed E-state index contributed by atoms with van der Waals surface area (Å²) < 4.78 is 115. The van der Waals surface area contributed by atoms with Crippen molar-refractivity contribution in [2.24, 2.45) is 0 Å². The number of aromatic nitrogens is 7. The summed E-state index contributed by atoms with van der Waals surface area (Å²) >= 11 is 14.0. The van der Waals surface area contributed by atoms with Gasteiger partial charge in [-0.3, -0.25) is 14.5 Å². The molecule has 7 aromatic heterocycles. The molecule has 7 rings (SSSR count). The van der Waals surface area contributed by atoms with Crippen molar-refractivity contribution in [3.05, 3.63) is 158 Å². The monoisotopic (exact) mass is 895 g/mol. The van der Waals surface area contributed by atoms with Crippen molar-refractivity contribution < 1.29 is 39.5 Å². The highest BCUT2D eigenvalue weighted by Crippen LogP contribution is 2.35. The molecule has 0 atom stereocenters.